The molecule has 1 aliphatic rings. The van der Waals surface area contributed by atoms with Crippen molar-refractivity contribution in [3.8, 4) is 0 Å². The summed E-state index contributed by atoms with van der Waals surface area (Å²) in [7, 11) is 0. The van der Waals surface area contributed by atoms with Crippen molar-refractivity contribution >= 4 is 5.69 Å². The Balaban J connectivity index is 2.26. The maximum Gasteiger partial charge on any atom is 0.123 e. The van der Waals surface area contributed by atoms with Gasteiger partial charge in [0, 0.05) is 24.3 Å². The van der Waals surface area contributed by atoms with Crippen molar-refractivity contribution < 1.29 is 4.39 Å². The molecule has 0 radical (unpaired) electrons. The van der Waals surface area contributed by atoms with Crippen LogP contribution in [0.5, 0.6) is 0 Å². The third-order valence-corrected chi connectivity index (χ3v) is 3.16. The van der Waals surface area contributed by atoms with Crippen LogP contribution in [0.2, 0.25) is 0 Å². The van der Waals surface area contributed by atoms with E-state index in [1.54, 1.807) is 0 Å². The van der Waals surface area contributed by atoms with Crippen molar-refractivity contribution in [2.24, 2.45) is 0 Å². The molecule has 0 aliphatic carbocycles. The molecular weight excluding hydrogens is 203 g/mol. The lowest BCUT2D eigenvalue weighted by Gasteiger charge is -2.38. The number of rotatable bonds is 1. The van der Waals surface area contributed by atoms with Crippen LogP contribution < -0.4 is 10.2 Å². The molecule has 1 aliphatic heterocycles. The second-order valence-corrected chi connectivity index (χ2v) is 4.97. The van der Waals surface area contributed by atoms with Crippen LogP contribution >= 0.6 is 0 Å². The molecule has 0 saturated carbocycles. The number of anilines is 1. The number of hydrogen-bond donors (Lipinski definition) is 1. The highest BCUT2D eigenvalue weighted by Crippen LogP contribution is 2.25. The summed E-state index contributed by atoms with van der Waals surface area (Å²) >= 11 is 0. The van der Waals surface area contributed by atoms with Crippen molar-refractivity contribution in [1.82, 2.24) is 5.32 Å². The molecule has 1 aromatic carbocycles. The van der Waals surface area contributed by atoms with Crippen molar-refractivity contribution in [2.45, 2.75) is 25.8 Å². The van der Waals surface area contributed by atoms with Gasteiger partial charge in [0.2, 0.25) is 0 Å². The van der Waals surface area contributed by atoms with Gasteiger partial charge in [-0.15, -0.1) is 0 Å². The van der Waals surface area contributed by atoms with E-state index in [1.165, 1.54) is 12.1 Å². The molecule has 0 unspecified atom stereocenters. The monoisotopic (exact) mass is 222 g/mol. The third-order valence-electron chi connectivity index (χ3n) is 3.16. The SMILES string of the molecule is CC1(C)CNCCCN1c1ccc(F)cc1. The predicted molar refractivity (Wildman–Crippen MR) is 65.3 cm³/mol. The normalized spacial score (nSPS) is 20.6. The van der Waals surface area contributed by atoms with Crippen molar-refractivity contribution in [1.29, 1.82) is 0 Å². The van der Waals surface area contributed by atoms with E-state index in [9.17, 15) is 4.39 Å². The second-order valence-electron chi connectivity index (χ2n) is 4.97. The van der Waals surface area contributed by atoms with Crippen LogP contribution in [0.3, 0.4) is 0 Å². The molecule has 0 aromatic heterocycles. The maximum atomic E-state index is 12.9. The Morgan fingerprint density at radius 3 is 2.62 bits per heavy atom. The van der Waals surface area contributed by atoms with Crippen LogP contribution in [0.4, 0.5) is 10.1 Å². The minimum atomic E-state index is -0.172. The molecule has 0 atom stereocenters. The van der Waals surface area contributed by atoms with Gasteiger partial charge in [-0.25, -0.2) is 4.39 Å². The molecule has 0 spiro atoms. The number of benzene rings is 1. The Bertz CT molecular complexity index is 345. The van der Waals surface area contributed by atoms with Gasteiger partial charge < -0.3 is 10.2 Å². The van der Waals surface area contributed by atoms with E-state index < -0.39 is 0 Å². The first kappa shape index (κ1) is 11.4. The highest BCUT2D eigenvalue weighted by atomic mass is 19.1. The van der Waals surface area contributed by atoms with Gasteiger partial charge in [0.25, 0.3) is 0 Å². The van der Waals surface area contributed by atoms with Crippen LogP contribution in [-0.4, -0.2) is 25.2 Å². The Hall–Kier alpha value is -1.09. The molecule has 1 aromatic rings. The standard InChI is InChI=1S/C13H19FN2/c1-13(2)10-15-8-3-9-16(13)12-6-4-11(14)5-7-12/h4-7,15H,3,8-10H2,1-2H3. The molecule has 16 heavy (non-hydrogen) atoms. The lowest BCUT2D eigenvalue weighted by molar-refractivity contribution is 0.462. The number of nitrogens with zero attached hydrogens (tertiary/aromatic N) is 1. The molecule has 1 saturated heterocycles. The molecule has 0 bridgehead atoms. The first-order valence-electron chi connectivity index (χ1n) is 5.83. The summed E-state index contributed by atoms with van der Waals surface area (Å²) in [4.78, 5) is 2.35. The molecule has 3 heteroatoms. The Labute approximate surface area is 96.5 Å². The van der Waals surface area contributed by atoms with Gasteiger partial charge >= 0.3 is 0 Å². The van der Waals surface area contributed by atoms with Crippen LogP contribution in [0.15, 0.2) is 24.3 Å². The zero-order chi connectivity index (χ0) is 11.6. The van der Waals surface area contributed by atoms with E-state index in [2.05, 4.69) is 24.1 Å². The van der Waals surface area contributed by atoms with Crippen molar-refractivity contribution in [2.75, 3.05) is 24.5 Å². The fraction of sp³-hybridized carbons (Fsp3) is 0.538. The van der Waals surface area contributed by atoms with E-state index in [0.717, 1.165) is 31.7 Å². The highest BCUT2D eigenvalue weighted by Gasteiger charge is 2.28. The van der Waals surface area contributed by atoms with Gasteiger partial charge in [-0.1, -0.05) is 0 Å². The lowest BCUT2D eigenvalue weighted by atomic mass is 10.0. The van der Waals surface area contributed by atoms with Gasteiger partial charge in [-0.3, -0.25) is 0 Å². The summed E-state index contributed by atoms with van der Waals surface area (Å²) in [6.45, 7) is 7.47. The summed E-state index contributed by atoms with van der Waals surface area (Å²) in [5, 5.41) is 3.43. The van der Waals surface area contributed by atoms with E-state index in [1.807, 2.05) is 12.1 Å². The molecule has 1 N–H and O–H groups in total. The van der Waals surface area contributed by atoms with Gasteiger partial charge in [0.05, 0.1) is 0 Å². The highest BCUT2D eigenvalue weighted by molar-refractivity contribution is 5.49. The quantitative estimate of drug-likeness (QED) is 0.785. The van der Waals surface area contributed by atoms with Crippen LogP contribution in [0, 0.1) is 5.82 Å². The summed E-state index contributed by atoms with van der Waals surface area (Å²) in [6, 6.07) is 6.79. The van der Waals surface area contributed by atoms with E-state index in [-0.39, 0.29) is 11.4 Å². The number of halogens is 1. The smallest absolute Gasteiger partial charge is 0.123 e. The topological polar surface area (TPSA) is 15.3 Å². The summed E-state index contributed by atoms with van der Waals surface area (Å²) in [5.74, 6) is -0.172. The zero-order valence-corrected chi connectivity index (χ0v) is 9.96. The van der Waals surface area contributed by atoms with Crippen LogP contribution in [0.1, 0.15) is 20.3 Å². The van der Waals surface area contributed by atoms with Crippen molar-refractivity contribution in [3.05, 3.63) is 30.1 Å². The fourth-order valence-corrected chi connectivity index (χ4v) is 2.25. The van der Waals surface area contributed by atoms with E-state index in [4.69, 9.17) is 0 Å². The molecule has 1 heterocycles. The van der Waals surface area contributed by atoms with E-state index >= 15 is 0 Å². The largest absolute Gasteiger partial charge is 0.365 e. The molecule has 1 fully saturated rings. The lowest BCUT2D eigenvalue weighted by Crippen LogP contribution is -2.48. The summed E-state index contributed by atoms with van der Waals surface area (Å²) in [6.07, 6.45) is 1.13. The van der Waals surface area contributed by atoms with Gasteiger partial charge in [0.1, 0.15) is 5.82 Å². The average molecular weight is 222 g/mol. The number of hydrogen-bond acceptors (Lipinski definition) is 2. The van der Waals surface area contributed by atoms with Crippen LogP contribution in [0.25, 0.3) is 0 Å². The molecule has 2 nitrogen and oxygen atoms in total. The molecule has 88 valence electrons. The molecule has 0 amide bonds. The van der Waals surface area contributed by atoms with Crippen LogP contribution in [-0.2, 0) is 0 Å². The average Bonchev–Trinajstić information content (AvgIpc) is 2.41. The Morgan fingerprint density at radius 1 is 1.25 bits per heavy atom. The first-order chi connectivity index (χ1) is 7.59. The first-order valence-corrected chi connectivity index (χ1v) is 5.83. The Morgan fingerprint density at radius 2 is 1.94 bits per heavy atom. The minimum absolute atomic E-state index is 0.0777. The summed E-state index contributed by atoms with van der Waals surface area (Å²) < 4.78 is 12.9. The predicted octanol–water partition coefficient (Wildman–Crippen LogP) is 2.40. The molecule has 2 rings (SSSR count). The zero-order valence-electron chi connectivity index (χ0n) is 9.96. The van der Waals surface area contributed by atoms with Crippen molar-refractivity contribution in [3.63, 3.8) is 0 Å². The van der Waals surface area contributed by atoms with E-state index in [0.29, 0.717) is 0 Å². The fourth-order valence-electron chi connectivity index (χ4n) is 2.25. The van der Waals surface area contributed by atoms with Gasteiger partial charge in [-0.05, 0) is 51.1 Å². The number of nitrogens with one attached hydrogen (secondary N) is 1. The van der Waals surface area contributed by atoms with Gasteiger partial charge in [-0.2, -0.15) is 0 Å². The third kappa shape index (κ3) is 2.35. The minimum Gasteiger partial charge on any atom is -0.365 e. The Kier molecular flexibility index (Phi) is 3.15. The second kappa shape index (κ2) is 4.42. The van der Waals surface area contributed by atoms with Gasteiger partial charge in [0.15, 0.2) is 0 Å². The summed E-state index contributed by atoms with van der Waals surface area (Å²) in [5.41, 5.74) is 1.18. The maximum absolute atomic E-state index is 12.9. The molecular formula is C13H19FN2.